The van der Waals surface area contributed by atoms with Gasteiger partial charge in [0, 0.05) is 12.1 Å². The van der Waals surface area contributed by atoms with Crippen molar-refractivity contribution >= 4 is 5.69 Å². The fraction of sp³-hybridized carbons (Fsp3) is 0.444. The monoisotopic (exact) mass is 419 g/mol. The summed E-state index contributed by atoms with van der Waals surface area (Å²) >= 11 is 0. The minimum absolute atomic E-state index is 0.00846. The zero-order valence-corrected chi connectivity index (χ0v) is 15.8. The van der Waals surface area contributed by atoms with E-state index in [-0.39, 0.29) is 37.8 Å². The van der Waals surface area contributed by atoms with Gasteiger partial charge in [0.2, 0.25) is 5.75 Å². The Labute approximate surface area is 171 Å². The summed E-state index contributed by atoms with van der Waals surface area (Å²) in [7, 11) is 0. The van der Waals surface area contributed by atoms with E-state index in [9.17, 15) is 25.4 Å². The van der Waals surface area contributed by atoms with Crippen molar-refractivity contribution in [2.45, 2.75) is 37.4 Å². The third kappa shape index (κ3) is 4.84. The van der Waals surface area contributed by atoms with Crippen LogP contribution in [0.3, 0.4) is 0 Å². The number of hydrogen-bond acceptors (Lipinski definition) is 10. The number of rotatable bonds is 9. The molecule has 1 fully saturated rings. The van der Waals surface area contributed by atoms with Gasteiger partial charge in [0.15, 0.2) is 0 Å². The lowest BCUT2D eigenvalue weighted by molar-refractivity contribution is -0.386. The van der Waals surface area contributed by atoms with Gasteiger partial charge in [-0.2, -0.15) is 0 Å². The molecule has 12 nitrogen and oxygen atoms in total. The van der Waals surface area contributed by atoms with Gasteiger partial charge in [-0.15, -0.1) is 11.5 Å². The number of nitrogens with zero attached hydrogens (tertiary/aromatic N) is 4. The van der Waals surface area contributed by atoms with E-state index in [1.807, 2.05) is 0 Å². The number of aromatic nitrogens is 3. The van der Waals surface area contributed by atoms with E-state index in [2.05, 4.69) is 21.5 Å². The highest BCUT2D eigenvalue weighted by Gasteiger charge is 2.40. The second-order valence-electron chi connectivity index (χ2n) is 6.64. The highest BCUT2D eigenvalue weighted by atomic mass is 16.6. The molecule has 0 saturated carbocycles. The lowest BCUT2D eigenvalue weighted by Crippen LogP contribution is -2.38. The van der Waals surface area contributed by atoms with Crippen molar-refractivity contribution in [1.82, 2.24) is 20.3 Å². The van der Waals surface area contributed by atoms with Crippen LogP contribution in [-0.4, -0.2) is 72.7 Å². The van der Waals surface area contributed by atoms with Crippen LogP contribution in [0.25, 0.3) is 0 Å². The summed E-state index contributed by atoms with van der Waals surface area (Å²) in [6.07, 6.45) is 4.54. The first-order valence-corrected chi connectivity index (χ1v) is 9.02. The average Bonchev–Trinajstić information content (AvgIpc) is 3.30. The highest BCUT2D eigenvalue weighted by molar-refractivity contribution is 5.50. The normalized spacial score (nSPS) is 23.1. The highest BCUT2D eigenvalue weighted by Crippen LogP contribution is 2.31. The predicted octanol–water partition coefficient (Wildman–Crippen LogP) is -1.17. The largest absolute Gasteiger partial charge is 0.481 e. The van der Waals surface area contributed by atoms with Crippen LogP contribution in [0.5, 0.6) is 11.5 Å². The molecule has 1 saturated heterocycles. The maximum absolute atomic E-state index is 11.2. The summed E-state index contributed by atoms with van der Waals surface area (Å²) in [5, 5.41) is 51.1. The van der Waals surface area contributed by atoms with Gasteiger partial charge >= 0.3 is 5.69 Å². The van der Waals surface area contributed by atoms with Gasteiger partial charge in [-0.1, -0.05) is 11.1 Å². The molecule has 0 aliphatic carbocycles. The number of benzene rings is 1. The number of aliphatic hydroxyl groups excluding tert-OH is 3. The van der Waals surface area contributed by atoms with E-state index in [0.29, 0.717) is 11.4 Å². The summed E-state index contributed by atoms with van der Waals surface area (Å²) < 4.78 is 12.2. The fourth-order valence-electron chi connectivity index (χ4n) is 3.09. The van der Waals surface area contributed by atoms with Crippen LogP contribution < -0.4 is 14.8 Å². The SMILES string of the molecule is C#CCOc1ccc([N+](=O)[O-])c(OCc2cn(C[C@H]3N[C@H](CO)[C@@H](O)[C@@H]3O)nn2)c1. The van der Waals surface area contributed by atoms with Crippen molar-refractivity contribution < 1.29 is 29.7 Å². The molecule has 4 atom stereocenters. The predicted molar refractivity (Wildman–Crippen MR) is 102 cm³/mol. The zero-order chi connectivity index (χ0) is 21.7. The van der Waals surface area contributed by atoms with Gasteiger partial charge in [0.05, 0.1) is 48.6 Å². The molecule has 0 unspecified atom stereocenters. The molecule has 2 heterocycles. The van der Waals surface area contributed by atoms with E-state index >= 15 is 0 Å². The van der Waals surface area contributed by atoms with Crippen LogP contribution in [0.1, 0.15) is 5.69 Å². The number of hydrogen-bond donors (Lipinski definition) is 4. The lowest BCUT2D eigenvalue weighted by Gasteiger charge is -2.15. The summed E-state index contributed by atoms with van der Waals surface area (Å²) in [5.41, 5.74) is 0.156. The lowest BCUT2D eigenvalue weighted by atomic mass is 10.1. The Morgan fingerprint density at radius 1 is 1.30 bits per heavy atom. The Morgan fingerprint density at radius 2 is 2.07 bits per heavy atom. The third-order valence-corrected chi connectivity index (χ3v) is 4.59. The molecule has 1 aliphatic heterocycles. The molecule has 12 heteroatoms. The summed E-state index contributed by atoms with van der Waals surface area (Å²) in [5.74, 6) is 2.63. The summed E-state index contributed by atoms with van der Waals surface area (Å²) in [4.78, 5) is 10.6. The Kier molecular flexibility index (Phi) is 6.80. The first-order chi connectivity index (χ1) is 14.4. The van der Waals surface area contributed by atoms with Crippen LogP contribution in [0.2, 0.25) is 0 Å². The molecule has 1 aliphatic rings. The number of nitro groups is 1. The van der Waals surface area contributed by atoms with Crippen molar-refractivity contribution in [2.24, 2.45) is 0 Å². The number of aliphatic hydroxyl groups is 3. The molecular weight excluding hydrogens is 398 g/mol. The van der Waals surface area contributed by atoms with Crippen molar-refractivity contribution in [3.05, 3.63) is 40.2 Å². The van der Waals surface area contributed by atoms with E-state index in [1.54, 1.807) is 6.20 Å². The molecule has 0 bridgehead atoms. The molecule has 0 radical (unpaired) electrons. The van der Waals surface area contributed by atoms with E-state index in [1.165, 1.54) is 22.9 Å². The molecule has 30 heavy (non-hydrogen) atoms. The van der Waals surface area contributed by atoms with Crippen molar-refractivity contribution in [2.75, 3.05) is 13.2 Å². The van der Waals surface area contributed by atoms with E-state index < -0.39 is 29.2 Å². The summed E-state index contributed by atoms with van der Waals surface area (Å²) in [6, 6.07) is 2.90. The number of ether oxygens (including phenoxy) is 2. The van der Waals surface area contributed by atoms with Crippen molar-refractivity contribution in [1.29, 1.82) is 0 Å². The second-order valence-corrected chi connectivity index (χ2v) is 6.64. The number of nitrogens with one attached hydrogen (secondary N) is 1. The van der Waals surface area contributed by atoms with Crippen LogP contribution in [0.4, 0.5) is 5.69 Å². The van der Waals surface area contributed by atoms with Gasteiger partial charge < -0.3 is 30.1 Å². The van der Waals surface area contributed by atoms with Crippen LogP contribution in [-0.2, 0) is 13.2 Å². The minimum atomic E-state index is -1.09. The fourth-order valence-corrected chi connectivity index (χ4v) is 3.09. The quantitative estimate of drug-likeness (QED) is 0.221. The molecule has 4 N–H and O–H groups in total. The second kappa shape index (κ2) is 9.51. The Hall–Kier alpha value is -3.24. The maximum Gasteiger partial charge on any atom is 0.311 e. The van der Waals surface area contributed by atoms with Crippen molar-refractivity contribution in [3.63, 3.8) is 0 Å². The maximum atomic E-state index is 11.2. The van der Waals surface area contributed by atoms with Gasteiger partial charge in [-0.3, -0.25) is 14.8 Å². The van der Waals surface area contributed by atoms with Crippen LogP contribution in [0.15, 0.2) is 24.4 Å². The van der Waals surface area contributed by atoms with Crippen LogP contribution >= 0.6 is 0 Å². The molecule has 0 spiro atoms. The molecule has 0 amide bonds. The smallest absolute Gasteiger partial charge is 0.311 e. The molecule has 1 aromatic heterocycles. The standard InChI is InChI=1S/C18H21N5O7/c1-2-5-29-12-3-4-15(23(27)28)16(6-12)30-10-11-7-22(21-20-11)8-13-17(25)18(26)14(9-24)19-13/h1,3-4,6-7,13-14,17-19,24-26H,5,8-10H2/t13-,14-,17-,18-/m1/s1. The first kappa shape index (κ1) is 21.5. The van der Waals surface area contributed by atoms with Crippen LogP contribution in [0, 0.1) is 22.5 Å². The topological polar surface area (TPSA) is 165 Å². The van der Waals surface area contributed by atoms with Gasteiger partial charge in [-0.25, -0.2) is 0 Å². The van der Waals surface area contributed by atoms with E-state index in [4.69, 9.17) is 15.9 Å². The Morgan fingerprint density at radius 3 is 2.73 bits per heavy atom. The Balaban J connectivity index is 1.64. The first-order valence-electron chi connectivity index (χ1n) is 9.02. The Bertz CT molecular complexity index is 928. The molecule has 3 rings (SSSR count). The average molecular weight is 419 g/mol. The van der Waals surface area contributed by atoms with Gasteiger partial charge in [0.1, 0.15) is 24.7 Å². The molecule has 2 aromatic rings. The van der Waals surface area contributed by atoms with Gasteiger partial charge in [0.25, 0.3) is 0 Å². The number of terminal acetylenes is 1. The molecular formula is C18H21N5O7. The minimum Gasteiger partial charge on any atom is -0.481 e. The zero-order valence-electron chi connectivity index (χ0n) is 15.8. The molecule has 160 valence electrons. The van der Waals surface area contributed by atoms with Gasteiger partial charge in [-0.05, 0) is 6.07 Å². The van der Waals surface area contributed by atoms with E-state index in [0.717, 1.165) is 0 Å². The van der Waals surface area contributed by atoms with Crippen molar-refractivity contribution in [3.8, 4) is 23.8 Å². The number of nitro benzene ring substituents is 1. The summed E-state index contributed by atoms with van der Waals surface area (Å²) in [6.45, 7) is -0.203. The molecule has 1 aromatic carbocycles. The third-order valence-electron chi connectivity index (χ3n) is 4.59.